The molecule has 0 amide bonds. The summed E-state index contributed by atoms with van der Waals surface area (Å²) in [6, 6.07) is 17.8. The van der Waals surface area contributed by atoms with E-state index in [4.69, 9.17) is 0 Å². The highest BCUT2D eigenvalue weighted by molar-refractivity contribution is 5.96. The summed E-state index contributed by atoms with van der Waals surface area (Å²) in [5.41, 5.74) is 1.44. The van der Waals surface area contributed by atoms with Gasteiger partial charge >= 0.3 is 6.36 Å². The van der Waals surface area contributed by atoms with E-state index in [2.05, 4.69) is 4.74 Å². The number of pyridine rings is 1. The molecule has 0 bridgehead atoms. The lowest BCUT2D eigenvalue weighted by Gasteiger charge is -2.14. The summed E-state index contributed by atoms with van der Waals surface area (Å²) in [5, 5.41) is 1.13. The molecule has 0 fully saturated rings. The summed E-state index contributed by atoms with van der Waals surface area (Å²) < 4.78 is 55.7. The molecule has 0 atom stereocenters. The van der Waals surface area contributed by atoms with Crippen LogP contribution in [0.1, 0.15) is 0 Å². The lowest BCUT2D eigenvalue weighted by Crippen LogP contribution is -2.19. The normalized spacial score (nSPS) is 11.6. The summed E-state index contributed by atoms with van der Waals surface area (Å²) in [6.07, 6.45) is -3.20. The van der Waals surface area contributed by atoms with Crippen molar-refractivity contribution in [1.29, 1.82) is 0 Å². The van der Waals surface area contributed by atoms with Crippen molar-refractivity contribution in [2.24, 2.45) is 0 Å². The van der Waals surface area contributed by atoms with E-state index in [1.54, 1.807) is 42.6 Å². The largest absolute Gasteiger partial charge is 0.573 e. The fraction of sp³-hybridized carbons (Fsp3) is 0.0455. The Morgan fingerprint density at radius 1 is 0.793 bits per heavy atom. The quantitative estimate of drug-likeness (QED) is 0.414. The first-order chi connectivity index (χ1) is 13.8. The van der Waals surface area contributed by atoms with Crippen LogP contribution in [0.5, 0.6) is 5.75 Å². The predicted molar refractivity (Wildman–Crippen MR) is 102 cm³/mol. The second-order valence-corrected chi connectivity index (χ2v) is 6.31. The smallest absolute Gasteiger partial charge is 0.406 e. The van der Waals surface area contributed by atoms with Crippen molar-refractivity contribution in [1.82, 2.24) is 4.57 Å². The van der Waals surface area contributed by atoms with Crippen molar-refractivity contribution < 1.29 is 22.3 Å². The molecular formula is C22H13F4NO2. The summed E-state index contributed by atoms with van der Waals surface area (Å²) in [7, 11) is 0. The van der Waals surface area contributed by atoms with Crippen LogP contribution in [0.4, 0.5) is 17.6 Å². The van der Waals surface area contributed by atoms with Gasteiger partial charge < -0.3 is 4.74 Å². The fourth-order valence-electron chi connectivity index (χ4n) is 3.15. The van der Waals surface area contributed by atoms with Gasteiger partial charge in [-0.2, -0.15) is 0 Å². The molecule has 4 aromatic rings. The number of ether oxygens (including phenoxy) is 1. The third-order valence-corrected chi connectivity index (χ3v) is 4.43. The molecule has 1 heterocycles. The van der Waals surface area contributed by atoms with Crippen molar-refractivity contribution >= 4 is 10.8 Å². The molecule has 146 valence electrons. The summed E-state index contributed by atoms with van der Waals surface area (Å²) in [5.74, 6) is -0.763. The Hall–Kier alpha value is -3.61. The number of rotatable bonds is 3. The van der Waals surface area contributed by atoms with E-state index in [9.17, 15) is 22.4 Å². The zero-order chi connectivity index (χ0) is 20.6. The van der Waals surface area contributed by atoms with Crippen molar-refractivity contribution in [3.8, 4) is 22.6 Å². The highest BCUT2D eigenvalue weighted by Gasteiger charge is 2.31. The fourth-order valence-corrected chi connectivity index (χ4v) is 3.15. The molecule has 0 spiro atoms. The van der Waals surface area contributed by atoms with Crippen LogP contribution in [0.2, 0.25) is 0 Å². The van der Waals surface area contributed by atoms with Crippen molar-refractivity contribution in [2.45, 2.75) is 6.36 Å². The van der Waals surface area contributed by atoms with Crippen LogP contribution >= 0.6 is 0 Å². The van der Waals surface area contributed by atoms with Gasteiger partial charge in [0.1, 0.15) is 11.6 Å². The third-order valence-electron chi connectivity index (χ3n) is 4.43. The van der Waals surface area contributed by atoms with Crippen LogP contribution in [-0.2, 0) is 0 Å². The molecule has 7 heteroatoms. The molecule has 0 saturated heterocycles. The average molecular weight is 399 g/mol. The van der Waals surface area contributed by atoms with Crippen LogP contribution < -0.4 is 10.3 Å². The van der Waals surface area contributed by atoms with Crippen LogP contribution in [0.3, 0.4) is 0 Å². The van der Waals surface area contributed by atoms with Gasteiger partial charge in [0, 0.05) is 22.8 Å². The first-order valence-corrected chi connectivity index (χ1v) is 8.58. The molecule has 1 aromatic heterocycles. The van der Waals surface area contributed by atoms with Gasteiger partial charge in [-0.15, -0.1) is 13.2 Å². The zero-order valence-electron chi connectivity index (χ0n) is 14.8. The Labute approximate surface area is 162 Å². The topological polar surface area (TPSA) is 31.2 Å². The number of hydrogen-bond donors (Lipinski definition) is 0. The number of benzene rings is 3. The summed E-state index contributed by atoms with van der Waals surface area (Å²) in [6.45, 7) is 0. The van der Waals surface area contributed by atoms with Gasteiger partial charge in [0.05, 0.1) is 0 Å². The van der Waals surface area contributed by atoms with Crippen LogP contribution in [0, 0.1) is 5.82 Å². The van der Waals surface area contributed by atoms with Crippen molar-refractivity contribution in [3.05, 3.63) is 95.2 Å². The summed E-state index contributed by atoms with van der Waals surface area (Å²) >= 11 is 0. The molecule has 3 nitrogen and oxygen atoms in total. The second-order valence-electron chi connectivity index (χ2n) is 6.31. The van der Waals surface area contributed by atoms with Crippen molar-refractivity contribution in [3.63, 3.8) is 0 Å². The predicted octanol–water partition coefficient (Wildman–Crippen LogP) is 5.70. The van der Waals surface area contributed by atoms with E-state index in [-0.39, 0.29) is 17.1 Å². The van der Waals surface area contributed by atoms with Gasteiger partial charge in [0.15, 0.2) is 0 Å². The Bertz CT molecular complexity index is 1230. The summed E-state index contributed by atoms with van der Waals surface area (Å²) in [4.78, 5) is 13.0. The second kappa shape index (κ2) is 7.09. The Morgan fingerprint density at radius 2 is 1.41 bits per heavy atom. The van der Waals surface area contributed by atoms with E-state index in [0.717, 1.165) is 12.1 Å². The average Bonchev–Trinajstić information content (AvgIpc) is 2.69. The van der Waals surface area contributed by atoms with Crippen LogP contribution in [-0.4, -0.2) is 10.9 Å². The molecule has 0 radical (unpaired) electrons. The number of halogens is 4. The Morgan fingerprint density at radius 3 is 2.03 bits per heavy atom. The number of alkyl halides is 3. The first-order valence-electron chi connectivity index (χ1n) is 8.58. The molecule has 29 heavy (non-hydrogen) atoms. The van der Waals surface area contributed by atoms with E-state index in [1.807, 2.05) is 0 Å². The zero-order valence-corrected chi connectivity index (χ0v) is 14.8. The molecule has 0 aliphatic rings. The van der Waals surface area contributed by atoms with Gasteiger partial charge in [-0.3, -0.25) is 9.36 Å². The first kappa shape index (κ1) is 18.7. The number of nitrogens with zero attached hydrogens (tertiary/aromatic N) is 1. The van der Waals surface area contributed by atoms with Crippen LogP contribution in [0.25, 0.3) is 27.6 Å². The van der Waals surface area contributed by atoms with Gasteiger partial charge in [-0.25, -0.2) is 4.39 Å². The van der Waals surface area contributed by atoms with E-state index in [0.29, 0.717) is 27.6 Å². The lowest BCUT2D eigenvalue weighted by molar-refractivity contribution is -0.274. The molecule has 0 saturated carbocycles. The highest BCUT2D eigenvalue weighted by atomic mass is 19.4. The highest BCUT2D eigenvalue weighted by Crippen LogP contribution is 2.29. The minimum atomic E-state index is -4.79. The SMILES string of the molecule is O=c1c2ccccc2c(-c2ccc(F)cc2)cn1-c1ccc(OC(F)(F)F)cc1. The monoisotopic (exact) mass is 399 g/mol. The number of hydrogen-bond acceptors (Lipinski definition) is 2. The lowest BCUT2D eigenvalue weighted by atomic mass is 10.0. The molecule has 0 unspecified atom stereocenters. The van der Waals surface area contributed by atoms with Gasteiger partial charge in [-0.1, -0.05) is 30.3 Å². The maximum atomic E-state index is 13.3. The van der Waals surface area contributed by atoms with Gasteiger partial charge in [0.2, 0.25) is 0 Å². The molecule has 0 N–H and O–H groups in total. The standard InChI is InChI=1S/C22H13F4NO2/c23-15-7-5-14(6-8-15)20-13-27(21(28)19-4-2-1-3-18(19)20)16-9-11-17(12-10-16)29-22(24,25)26/h1-13H. The van der Waals surface area contributed by atoms with E-state index >= 15 is 0 Å². The van der Waals surface area contributed by atoms with Crippen molar-refractivity contribution in [2.75, 3.05) is 0 Å². The number of fused-ring (bicyclic) bond motifs is 1. The van der Waals surface area contributed by atoms with E-state index in [1.165, 1.54) is 28.8 Å². The maximum absolute atomic E-state index is 13.3. The van der Waals surface area contributed by atoms with Crippen LogP contribution in [0.15, 0.2) is 83.8 Å². The van der Waals surface area contributed by atoms with E-state index < -0.39 is 6.36 Å². The molecule has 3 aromatic carbocycles. The Balaban J connectivity index is 1.88. The molecule has 0 aliphatic carbocycles. The van der Waals surface area contributed by atoms with Gasteiger partial charge in [-0.05, 0) is 53.4 Å². The number of aromatic nitrogens is 1. The molecule has 0 aliphatic heterocycles. The minimum Gasteiger partial charge on any atom is -0.406 e. The Kier molecular flexibility index (Phi) is 4.58. The molecule has 4 rings (SSSR count). The third kappa shape index (κ3) is 3.85. The van der Waals surface area contributed by atoms with Gasteiger partial charge in [0.25, 0.3) is 5.56 Å². The minimum absolute atomic E-state index is 0.323. The molecular weight excluding hydrogens is 386 g/mol. The maximum Gasteiger partial charge on any atom is 0.573 e.